The lowest BCUT2D eigenvalue weighted by atomic mass is 10.0. The van der Waals surface area contributed by atoms with E-state index in [9.17, 15) is 9.90 Å². The number of phenols is 1. The van der Waals surface area contributed by atoms with Gasteiger partial charge in [-0.25, -0.2) is 4.79 Å². The quantitative estimate of drug-likeness (QED) is 0.345. The van der Waals surface area contributed by atoms with Gasteiger partial charge < -0.3 is 19.7 Å². The fourth-order valence-electron chi connectivity index (χ4n) is 3.24. The number of phenolic OH excluding ortho intramolecular Hbond substituents is 1. The molecule has 154 valence electrons. The number of rotatable bonds is 8. The molecule has 0 bridgehead atoms. The Morgan fingerprint density at radius 3 is 2.66 bits per heavy atom. The van der Waals surface area contributed by atoms with E-state index in [-0.39, 0.29) is 11.7 Å². The van der Waals surface area contributed by atoms with Crippen molar-refractivity contribution in [3.63, 3.8) is 0 Å². The summed E-state index contributed by atoms with van der Waals surface area (Å²) in [4.78, 5) is 19.5. The number of nitrogens with zero attached hydrogens (tertiary/aromatic N) is 1. The first-order valence-corrected chi connectivity index (χ1v) is 11.2. The minimum absolute atomic E-state index is 0.172. The molecule has 0 aliphatic carbocycles. The van der Waals surface area contributed by atoms with Crippen LogP contribution < -0.4 is 0 Å². The maximum Gasteiger partial charge on any atom is 0.340 e. The van der Waals surface area contributed by atoms with Crippen molar-refractivity contribution in [1.82, 2.24) is 9.88 Å². The lowest BCUT2D eigenvalue weighted by molar-refractivity contribution is 0.0527. The van der Waals surface area contributed by atoms with Crippen molar-refractivity contribution < 1.29 is 14.6 Å². The predicted octanol–water partition coefficient (Wildman–Crippen LogP) is 5.21. The molecule has 0 atom stereocenters. The first-order chi connectivity index (χ1) is 13.9. The number of benzene rings is 2. The molecule has 0 unspecified atom stereocenters. The molecule has 0 saturated carbocycles. The number of likely N-dealkylation sites (N-methyl/N-ethyl adjacent to an activating group) is 1. The minimum atomic E-state index is -0.366. The van der Waals surface area contributed by atoms with Gasteiger partial charge in [-0.05, 0) is 61.6 Å². The normalized spacial score (nSPS) is 11.3. The molecule has 3 rings (SSSR count). The van der Waals surface area contributed by atoms with Crippen LogP contribution in [0.25, 0.3) is 10.9 Å². The number of fused-ring (bicyclic) bond motifs is 1. The second kappa shape index (κ2) is 9.69. The van der Waals surface area contributed by atoms with Crippen molar-refractivity contribution in [2.24, 2.45) is 0 Å². The van der Waals surface area contributed by atoms with Crippen LogP contribution in [0, 0.1) is 0 Å². The average molecular weight is 477 g/mol. The van der Waals surface area contributed by atoms with Crippen molar-refractivity contribution >= 4 is 44.6 Å². The molecule has 2 aromatic carbocycles. The second-order valence-electron chi connectivity index (χ2n) is 6.96. The number of hydrogen-bond acceptors (Lipinski definition) is 5. The van der Waals surface area contributed by atoms with E-state index in [0.717, 1.165) is 33.6 Å². The Morgan fingerprint density at radius 1 is 1.28 bits per heavy atom. The molecular weight excluding hydrogens is 452 g/mol. The first kappa shape index (κ1) is 21.7. The van der Waals surface area contributed by atoms with Gasteiger partial charge in [-0.15, -0.1) is 11.8 Å². The Labute approximate surface area is 183 Å². The Kier molecular flexibility index (Phi) is 7.27. The van der Waals surface area contributed by atoms with Crippen LogP contribution in [-0.2, 0) is 16.9 Å². The average Bonchev–Trinajstić information content (AvgIpc) is 3.05. The molecule has 0 radical (unpaired) electrons. The van der Waals surface area contributed by atoms with Gasteiger partial charge in [-0.2, -0.15) is 0 Å². The standard InChI is InChI=1S/C22H25BrN2O3S/c1-4-28-22(27)20-18(13-29-14-8-6-5-7-9-14)24-17-12-16(23)21(26)15(19(17)20)10-11-25(2)3/h5-9,12,24,26H,4,10-11,13H2,1-3H3. The Bertz CT molecular complexity index is 1000. The number of halogens is 1. The number of H-pyrrole nitrogens is 1. The second-order valence-corrected chi connectivity index (χ2v) is 8.87. The fourth-order valence-corrected chi connectivity index (χ4v) is 4.59. The molecule has 0 amide bonds. The van der Waals surface area contributed by atoms with Crippen molar-refractivity contribution in [2.45, 2.75) is 24.0 Å². The largest absolute Gasteiger partial charge is 0.506 e. The van der Waals surface area contributed by atoms with E-state index in [1.807, 2.05) is 50.5 Å². The molecular formula is C22H25BrN2O3S. The van der Waals surface area contributed by atoms with Gasteiger partial charge in [0.25, 0.3) is 0 Å². The highest BCUT2D eigenvalue weighted by Crippen LogP contribution is 2.39. The Morgan fingerprint density at radius 2 is 2.00 bits per heavy atom. The maximum absolute atomic E-state index is 12.9. The van der Waals surface area contributed by atoms with Gasteiger partial charge in [0, 0.05) is 39.4 Å². The third-order valence-corrected chi connectivity index (χ3v) is 6.25. The van der Waals surface area contributed by atoms with Crippen LogP contribution in [0.5, 0.6) is 5.75 Å². The highest BCUT2D eigenvalue weighted by molar-refractivity contribution is 9.10. The van der Waals surface area contributed by atoms with Crippen LogP contribution in [0.3, 0.4) is 0 Å². The lowest BCUT2D eigenvalue weighted by Crippen LogP contribution is -2.15. The number of esters is 1. The molecule has 0 fully saturated rings. The van der Waals surface area contributed by atoms with E-state index in [0.29, 0.717) is 28.8 Å². The Balaban J connectivity index is 2.11. The summed E-state index contributed by atoms with van der Waals surface area (Å²) >= 11 is 5.10. The molecule has 29 heavy (non-hydrogen) atoms. The highest BCUT2D eigenvalue weighted by atomic mass is 79.9. The molecule has 7 heteroatoms. The van der Waals surface area contributed by atoms with Crippen LogP contribution in [0.4, 0.5) is 0 Å². The van der Waals surface area contributed by atoms with E-state index in [4.69, 9.17) is 4.74 Å². The minimum Gasteiger partial charge on any atom is -0.506 e. The van der Waals surface area contributed by atoms with E-state index in [1.165, 1.54) is 0 Å². The number of carbonyl (C=O) groups is 1. The predicted molar refractivity (Wildman–Crippen MR) is 122 cm³/mol. The van der Waals surface area contributed by atoms with E-state index < -0.39 is 0 Å². The number of thioether (sulfide) groups is 1. The summed E-state index contributed by atoms with van der Waals surface area (Å²) in [5.74, 6) is 0.402. The van der Waals surface area contributed by atoms with Crippen molar-refractivity contribution in [1.29, 1.82) is 0 Å². The van der Waals surface area contributed by atoms with Crippen LogP contribution in [0.2, 0.25) is 0 Å². The number of hydrogen-bond donors (Lipinski definition) is 2. The van der Waals surface area contributed by atoms with Gasteiger partial charge in [0.2, 0.25) is 0 Å². The molecule has 0 aliphatic rings. The molecule has 5 nitrogen and oxygen atoms in total. The number of aromatic amines is 1. The highest BCUT2D eigenvalue weighted by Gasteiger charge is 2.25. The third kappa shape index (κ3) is 4.97. The van der Waals surface area contributed by atoms with Gasteiger partial charge in [0.15, 0.2) is 0 Å². The summed E-state index contributed by atoms with van der Waals surface area (Å²) in [7, 11) is 3.97. The molecule has 2 N–H and O–H groups in total. The zero-order valence-electron chi connectivity index (χ0n) is 16.8. The summed E-state index contributed by atoms with van der Waals surface area (Å²) in [6.45, 7) is 2.85. The smallest absolute Gasteiger partial charge is 0.340 e. The molecule has 1 heterocycles. The van der Waals surface area contributed by atoms with E-state index in [2.05, 4.69) is 25.8 Å². The Hall–Kier alpha value is -1.96. The molecule has 1 aromatic heterocycles. The molecule has 3 aromatic rings. The SMILES string of the molecule is CCOC(=O)c1c(CSc2ccccc2)[nH]c2cc(Br)c(O)c(CCN(C)C)c12. The van der Waals surface area contributed by atoms with E-state index in [1.54, 1.807) is 18.7 Å². The lowest BCUT2D eigenvalue weighted by Gasteiger charge is -2.14. The summed E-state index contributed by atoms with van der Waals surface area (Å²) in [6, 6.07) is 11.9. The van der Waals surface area contributed by atoms with Gasteiger partial charge >= 0.3 is 5.97 Å². The topological polar surface area (TPSA) is 65.6 Å². The van der Waals surface area contributed by atoms with Crippen LogP contribution in [0.15, 0.2) is 45.8 Å². The number of nitrogens with one attached hydrogen (secondary N) is 1. The number of carbonyl (C=O) groups excluding carboxylic acids is 1. The number of aromatic hydroxyl groups is 1. The summed E-state index contributed by atoms with van der Waals surface area (Å²) in [5, 5.41) is 11.5. The first-order valence-electron chi connectivity index (χ1n) is 9.47. The van der Waals surface area contributed by atoms with Crippen molar-refractivity contribution in [2.75, 3.05) is 27.2 Å². The number of ether oxygens (including phenoxy) is 1. The van der Waals surface area contributed by atoms with Gasteiger partial charge in [-0.3, -0.25) is 0 Å². The third-order valence-electron chi connectivity index (χ3n) is 4.61. The fraction of sp³-hybridized carbons (Fsp3) is 0.318. The molecule has 0 aliphatic heterocycles. The maximum atomic E-state index is 12.9. The zero-order valence-corrected chi connectivity index (χ0v) is 19.2. The van der Waals surface area contributed by atoms with Crippen LogP contribution in [0.1, 0.15) is 28.5 Å². The summed E-state index contributed by atoms with van der Waals surface area (Å²) < 4.78 is 5.97. The van der Waals surface area contributed by atoms with Gasteiger partial charge in [0.05, 0.1) is 16.6 Å². The van der Waals surface area contributed by atoms with Gasteiger partial charge in [-0.1, -0.05) is 18.2 Å². The van der Waals surface area contributed by atoms with Crippen molar-refractivity contribution in [3.05, 3.63) is 57.7 Å². The zero-order chi connectivity index (χ0) is 21.0. The monoisotopic (exact) mass is 476 g/mol. The summed E-state index contributed by atoms with van der Waals surface area (Å²) in [5.41, 5.74) is 2.88. The van der Waals surface area contributed by atoms with Crippen LogP contribution >= 0.6 is 27.7 Å². The molecule has 0 saturated heterocycles. The van der Waals surface area contributed by atoms with Crippen LogP contribution in [-0.4, -0.2) is 48.2 Å². The number of aromatic nitrogens is 1. The van der Waals surface area contributed by atoms with Crippen molar-refractivity contribution in [3.8, 4) is 5.75 Å². The van der Waals surface area contributed by atoms with Gasteiger partial charge in [0.1, 0.15) is 5.75 Å². The molecule has 0 spiro atoms. The summed E-state index contributed by atoms with van der Waals surface area (Å²) in [6.07, 6.45) is 0.615. The van der Waals surface area contributed by atoms with E-state index >= 15 is 0 Å².